The van der Waals surface area contributed by atoms with Gasteiger partial charge in [0.1, 0.15) is 6.04 Å². The van der Waals surface area contributed by atoms with Crippen LogP contribution in [0.4, 0.5) is 11.4 Å². The number of carbonyl (C=O) groups is 1. The highest BCUT2D eigenvalue weighted by atomic mass is 79.9. The monoisotopic (exact) mass is 360 g/mol. The van der Waals surface area contributed by atoms with Crippen LogP contribution >= 0.6 is 15.9 Å². The van der Waals surface area contributed by atoms with E-state index in [2.05, 4.69) is 21.2 Å². The number of nitrogens with zero attached hydrogens (tertiary/aromatic N) is 1. The van der Waals surface area contributed by atoms with Crippen LogP contribution in [-0.4, -0.2) is 35.8 Å². The summed E-state index contributed by atoms with van der Waals surface area (Å²) >= 11 is 3.22. The van der Waals surface area contributed by atoms with Gasteiger partial charge in [-0.1, -0.05) is 0 Å². The molecule has 1 unspecified atom stereocenters. The second-order valence-corrected chi connectivity index (χ2v) is 5.40. The van der Waals surface area contributed by atoms with Crippen molar-refractivity contribution in [3.05, 3.63) is 32.3 Å². The highest BCUT2D eigenvalue weighted by Gasteiger charge is 2.20. The van der Waals surface area contributed by atoms with Gasteiger partial charge < -0.3 is 15.2 Å². The van der Waals surface area contributed by atoms with Crippen LogP contribution < -0.4 is 5.32 Å². The molecule has 0 radical (unpaired) electrons. The van der Waals surface area contributed by atoms with Crippen LogP contribution in [-0.2, 0) is 9.53 Å². The summed E-state index contributed by atoms with van der Waals surface area (Å²) in [4.78, 5) is 21.6. The van der Waals surface area contributed by atoms with E-state index in [9.17, 15) is 20.0 Å². The number of carboxylic acids is 1. The summed E-state index contributed by atoms with van der Waals surface area (Å²) < 4.78 is 5.36. The molecule has 0 aliphatic carbocycles. The Morgan fingerprint density at radius 1 is 1.57 bits per heavy atom. The molecule has 2 N–H and O–H groups in total. The molecule has 1 rings (SSSR count). The maximum absolute atomic E-state index is 11.2. The summed E-state index contributed by atoms with van der Waals surface area (Å²) in [6.07, 6.45) is 0.996. The fourth-order valence-corrected chi connectivity index (χ4v) is 2.30. The van der Waals surface area contributed by atoms with E-state index < -0.39 is 16.9 Å². The maximum atomic E-state index is 11.2. The largest absolute Gasteiger partial charge is 0.480 e. The number of carboxylic acid groups (broad SMARTS) is 1. The van der Waals surface area contributed by atoms with Gasteiger partial charge in [0.05, 0.1) is 4.92 Å². The molecule has 1 aromatic carbocycles. The van der Waals surface area contributed by atoms with Crippen molar-refractivity contribution in [2.24, 2.45) is 0 Å². The highest BCUT2D eigenvalue weighted by Crippen LogP contribution is 2.31. The lowest BCUT2D eigenvalue weighted by molar-refractivity contribution is -0.385. The number of rotatable bonds is 8. The van der Waals surface area contributed by atoms with Gasteiger partial charge in [-0.15, -0.1) is 0 Å². The summed E-state index contributed by atoms with van der Waals surface area (Å²) in [6, 6.07) is 2.15. The number of benzene rings is 1. The molecule has 0 amide bonds. The Kier molecular flexibility index (Phi) is 6.57. The number of halogens is 1. The van der Waals surface area contributed by atoms with Gasteiger partial charge in [0.2, 0.25) is 0 Å². The Bertz CT molecular complexity index is 536. The standard InChI is InChI=1S/C13H17BrN2O5/c1-8-6-11(9(14)7-12(8)16(19)20)15-10(13(17)18)4-3-5-21-2/h6-7,10,15H,3-5H2,1-2H3,(H,17,18). The van der Waals surface area contributed by atoms with Crippen molar-refractivity contribution in [1.82, 2.24) is 0 Å². The normalized spacial score (nSPS) is 12.0. The summed E-state index contributed by atoms with van der Waals surface area (Å²) in [7, 11) is 1.56. The summed E-state index contributed by atoms with van der Waals surface area (Å²) in [5.41, 5.74) is 0.966. The molecule has 0 aliphatic heterocycles. The third kappa shape index (κ3) is 4.98. The maximum Gasteiger partial charge on any atom is 0.326 e. The molecule has 116 valence electrons. The zero-order valence-corrected chi connectivity index (χ0v) is 13.3. The number of methoxy groups -OCH3 is 1. The molecule has 0 bridgehead atoms. The van der Waals surface area contributed by atoms with Crippen molar-refractivity contribution in [3.8, 4) is 0 Å². The molecule has 0 heterocycles. The number of nitro benzene ring substituents is 1. The van der Waals surface area contributed by atoms with Crippen LogP contribution in [0.5, 0.6) is 0 Å². The third-order valence-corrected chi connectivity index (χ3v) is 3.61. The smallest absolute Gasteiger partial charge is 0.326 e. The number of nitrogens with one attached hydrogen (secondary N) is 1. The van der Waals surface area contributed by atoms with Crippen molar-refractivity contribution < 1.29 is 19.6 Å². The molecule has 7 nitrogen and oxygen atoms in total. The molecule has 0 aliphatic rings. The van der Waals surface area contributed by atoms with Gasteiger partial charge in [-0.25, -0.2) is 4.79 Å². The number of anilines is 1. The number of hydrogen-bond donors (Lipinski definition) is 2. The molecular formula is C13H17BrN2O5. The second kappa shape index (κ2) is 7.94. The minimum atomic E-state index is -0.978. The van der Waals surface area contributed by atoms with Crippen molar-refractivity contribution in [1.29, 1.82) is 0 Å². The average molecular weight is 361 g/mol. The zero-order valence-electron chi connectivity index (χ0n) is 11.8. The Morgan fingerprint density at radius 2 is 2.24 bits per heavy atom. The highest BCUT2D eigenvalue weighted by molar-refractivity contribution is 9.10. The lowest BCUT2D eigenvalue weighted by atomic mass is 10.1. The van der Waals surface area contributed by atoms with Crippen molar-refractivity contribution in [2.45, 2.75) is 25.8 Å². The quantitative estimate of drug-likeness (QED) is 0.419. The molecule has 0 aromatic heterocycles. The van der Waals surface area contributed by atoms with Gasteiger partial charge in [0.25, 0.3) is 5.69 Å². The first-order chi connectivity index (χ1) is 9.86. The number of aryl methyl sites for hydroxylation is 1. The number of ether oxygens (including phenoxy) is 1. The molecule has 21 heavy (non-hydrogen) atoms. The van der Waals surface area contributed by atoms with Crippen LogP contribution in [0.2, 0.25) is 0 Å². The van der Waals surface area contributed by atoms with E-state index in [1.54, 1.807) is 20.1 Å². The predicted octanol–water partition coefficient (Wildman–Crippen LogP) is 2.96. The first kappa shape index (κ1) is 17.4. The van der Waals surface area contributed by atoms with E-state index in [0.29, 0.717) is 35.2 Å². The number of nitro groups is 1. The Morgan fingerprint density at radius 3 is 2.76 bits per heavy atom. The summed E-state index contributed by atoms with van der Waals surface area (Å²) in [5.74, 6) is -0.978. The third-order valence-electron chi connectivity index (χ3n) is 2.95. The molecule has 0 saturated heterocycles. The minimum absolute atomic E-state index is 0.0151. The zero-order chi connectivity index (χ0) is 16.0. The van der Waals surface area contributed by atoms with Gasteiger partial charge in [-0.2, -0.15) is 0 Å². The molecule has 8 heteroatoms. The minimum Gasteiger partial charge on any atom is -0.480 e. The Hall–Kier alpha value is -1.67. The van der Waals surface area contributed by atoms with Gasteiger partial charge >= 0.3 is 5.97 Å². The van der Waals surface area contributed by atoms with E-state index in [-0.39, 0.29) is 5.69 Å². The first-order valence-corrected chi connectivity index (χ1v) is 7.09. The van der Waals surface area contributed by atoms with E-state index in [4.69, 9.17) is 4.74 Å². The lowest BCUT2D eigenvalue weighted by Crippen LogP contribution is -2.29. The van der Waals surface area contributed by atoms with Crippen molar-refractivity contribution >= 4 is 33.3 Å². The average Bonchev–Trinajstić information content (AvgIpc) is 2.40. The van der Waals surface area contributed by atoms with Crippen molar-refractivity contribution in [3.63, 3.8) is 0 Å². The molecule has 1 atom stereocenters. The Labute approximate surface area is 130 Å². The first-order valence-electron chi connectivity index (χ1n) is 6.29. The van der Waals surface area contributed by atoms with Gasteiger partial charge in [-0.05, 0) is 41.8 Å². The van der Waals surface area contributed by atoms with E-state index >= 15 is 0 Å². The van der Waals surface area contributed by atoms with Gasteiger partial charge in [-0.3, -0.25) is 10.1 Å². The number of hydrogen-bond acceptors (Lipinski definition) is 5. The fourth-order valence-electron chi connectivity index (χ4n) is 1.86. The van der Waals surface area contributed by atoms with Crippen LogP contribution in [0.3, 0.4) is 0 Å². The van der Waals surface area contributed by atoms with Crippen LogP contribution in [0, 0.1) is 17.0 Å². The molecule has 0 saturated carbocycles. The van der Waals surface area contributed by atoms with E-state index in [1.165, 1.54) is 6.07 Å². The molecule has 1 aromatic rings. The topological polar surface area (TPSA) is 102 Å². The van der Waals surface area contributed by atoms with Gasteiger partial charge in [0.15, 0.2) is 0 Å². The molecule has 0 spiro atoms. The van der Waals surface area contributed by atoms with Crippen LogP contribution in [0.15, 0.2) is 16.6 Å². The number of aliphatic carboxylic acids is 1. The summed E-state index contributed by atoms with van der Waals surface area (Å²) in [5, 5.41) is 22.9. The predicted molar refractivity (Wildman–Crippen MR) is 81.7 cm³/mol. The SMILES string of the molecule is COCCCC(Nc1cc(C)c([N+](=O)[O-])cc1Br)C(=O)O. The van der Waals surface area contributed by atoms with Crippen LogP contribution in [0.25, 0.3) is 0 Å². The second-order valence-electron chi connectivity index (χ2n) is 4.55. The van der Waals surface area contributed by atoms with Gasteiger partial charge in [0, 0.05) is 35.5 Å². The van der Waals surface area contributed by atoms with Crippen LogP contribution in [0.1, 0.15) is 18.4 Å². The van der Waals surface area contributed by atoms with E-state index in [0.717, 1.165) is 0 Å². The Balaban J connectivity index is 2.91. The molecule has 0 fully saturated rings. The fraction of sp³-hybridized carbons (Fsp3) is 0.462. The summed E-state index contributed by atoms with van der Waals surface area (Å²) in [6.45, 7) is 2.09. The lowest BCUT2D eigenvalue weighted by Gasteiger charge is -2.17. The van der Waals surface area contributed by atoms with Crippen molar-refractivity contribution in [2.75, 3.05) is 19.0 Å². The van der Waals surface area contributed by atoms with E-state index in [1.807, 2.05) is 0 Å². The molecular weight excluding hydrogens is 344 g/mol.